The van der Waals surface area contributed by atoms with E-state index in [1.54, 1.807) is 19.1 Å². The molecule has 0 unspecified atom stereocenters. The lowest BCUT2D eigenvalue weighted by atomic mass is 10.1. The van der Waals surface area contributed by atoms with Gasteiger partial charge >= 0.3 is 5.97 Å². The molecule has 1 heterocycles. The normalized spacial score (nSPS) is 9.68. The number of carboxylic acids is 1. The van der Waals surface area contributed by atoms with Crippen LogP contribution in [0.15, 0.2) is 36.4 Å². The molecule has 0 spiro atoms. The van der Waals surface area contributed by atoms with Gasteiger partial charge in [0.15, 0.2) is 0 Å². The summed E-state index contributed by atoms with van der Waals surface area (Å²) in [6.45, 7) is 1.67. The van der Waals surface area contributed by atoms with Gasteiger partial charge in [0.05, 0.1) is 11.3 Å². The average molecular weight is 253 g/mol. The number of aryl methyl sites for hydroxylation is 1. The summed E-state index contributed by atoms with van der Waals surface area (Å²) in [6.07, 6.45) is 0. The van der Waals surface area contributed by atoms with Gasteiger partial charge in [-0.05, 0) is 25.1 Å². The number of aromatic nitrogens is 1. The van der Waals surface area contributed by atoms with Crippen LogP contribution in [0.4, 0.5) is 11.5 Å². The van der Waals surface area contributed by atoms with Crippen molar-refractivity contribution in [3.8, 4) is 6.07 Å². The fourth-order valence-corrected chi connectivity index (χ4v) is 1.63. The van der Waals surface area contributed by atoms with E-state index in [4.69, 9.17) is 10.4 Å². The monoisotopic (exact) mass is 253 g/mol. The van der Waals surface area contributed by atoms with E-state index in [1.807, 2.05) is 24.3 Å². The summed E-state index contributed by atoms with van der Waals surface area (Å²) in [5.74, 6) is -0.891. The Morgan fingerprint density at radius 2 is 2.05 bits per heavy atom. The van der Waals surface area contributed by atoms with Gasteiger partial charge in [0.2, 0.25) is 0 Å². The van der Waals surface area contributed by atoms with Gasteiger partial charge in [0.1, 0.15) is 17.5 Å². The summed E-state index contributed by atoms with van der Waals surface area (Å²) in [5, 5.41) is 21.0. The number of para-hydroxylation sites is 1. The Morgan fingerprint density at radius 1 is 1.37 bits per heavy atom. The zero-order valence-electron chi connectivity index (χ0n) is 10.2. The molecule has 0 saturated heterocycles. The summed E-state index contributed by atoms with van der Waals surface area (Å²) in [5.41, 5.74) is 1.47. The van der Waals surface area contributed by atoms with E-state index < -0.39 is 5.97 Å². The van der Waals surface area contributed by atoms with Gasteiger partial charge in [-0.1, -0.05) is 18.2 Å². The molecule has 0 radical (unpaired) electrons. The number of carbonyl (C=O) groups is 1. The number of benzene rings is 1. The van der Waals surface area contributed by atoms with Gasteiger partial charge in [0.25, 0.3) is 0 Å². The molecule has 0 amide bonds. The maximum atomic E-state index is 11.2. The smallest absolute Gasteiger partial charge is 0.339 e. The van der Waals surface area contributed by atoms with Crippen LogP contribution < -0.4 is 5.32 Å². The summed E-state index contributed by atoms with van der Waals surface area (Å²) < 4.78 is 0. The van der Waals surface area contributed by atoms with Crippen LogP contribution in [0.2, 0.25) is 0 Å². The molecule has 0 atom stereocenters. The minimum Gasteiger partial charge on any atom is -0.478 e. The fourth-order valence-electron chi connectivity index (χ4n) is 1.63. The lowest BCUT2D eigenvalue weighted by molar-refractivity contribution is 0.0697. The molecule has 0 fully saturated rings. The SMILES string of the molecule is Cc1nc(Nc2ccccc2)c(C(=O)O)cc1C#N. The summed E-state index contributed by atoms with van der Waals surface area (Å²) >= 11 is 0. The summed E-state index contributed by atoms with van der Waals surface area (Å²) in [7, 11) is 0. The molecular formula is C14H11N3O2. The van der Waals surface area contributed by atoms with Gasteiger partial charge in [0, 0.05) is 5.69 Å². The minimum absolute atomic E-state index is 0.0222. The predicted molar refractivity (Wildman–Crippen MR) is 70.4 cm³/mol. The van der Waals surface area contributed by atoms with Gasteiger partial charge < -0.3 is 10.4 Å². The first kappa shape index (κ1) is 12.6. The van der Waals surface area contributed by atoms with Gasteiger partial charge in [-0.25, -0.2) is 9.78 Å². The molecule has 5 heteroatoms. The largest absolute Gasteiger partial charge is 0.478 e. The van der Waals surface area contributed by atoms with Crippen molar-refractivity contribution in [1.29, 1.82) is 5.26 Å². The molecule has 0 aliphatic carbocycles. The lowest BCUT2D eigenvalue weighted by Gasteiger charge is -2.10. The first-order chi connectivity index (χ1) is 9.11. The Hall–Kier alpha value is -2.87. The molecule has 0 saturated carbocycles. The number of pyridine rings is 1. The number of anilines is 2. The van der Waals surface area contributed by atoms with Crippen LogP contribution in [0, 0.1) is 18.3 Å². The zero-order chi connectivity index (χ0) is 13.8. The van der Waals surface area contributed by atoms with Crippen molar-refractivity contribution in [1.82, 2.24) is 4.98 Å². The summed E-state index contributed by atoms with van der Waals surface area (Å²) in [4.78, 5) is 15.3. The Morgan fingerprint density at radius 3 is 2.63 bits per heavy atom. The number of hydrogen-bond acceptors (Lipinski definition) is 4. The molecule has 94 valence electrons. The van der Waals surface area contributed by atoms with Crippen LogP contribution in [-0.4, -0.2) is 16.1 Å². The Kier molecular flexibility index (Phi) is 3.44. The third kappa shape index (κ3) is 2.69. The van der Waals surface area contributed by atoms with E-state index in [2.05, 4.69) is 10.3 Å². The quantitative estimate of drug-likeness (QED) is 0.878. The van der Waals surface area contributed by atoms with Crippen molar-refractivity contribution in [2.24, 2.45) is 0 Å². The Bertz CT molecular complexity index is 660. The van der Waals surface area contributed by atoms with E-state index >= 15 is 0 Å². The third-order valence-corrected chi connectivity index (χ3v) is 2.60. The molecule has 1 aromatic carbocycles. The predicted octanol–water partition coefficient (Wildman–Crippen LogP) is 2.70. The zero-order valence-corrected chi connectivity index (χ0v) is 10.2. The highest BCUT2D eigenvalue weighted by molar-refractivity contribution is 5.94. The van der Waals surface area contributed by atoms with Gasteiger partial charge in [-0.2, -0.15) is 5.26 Å². The number of carboxylic acid groups (broad SMARTS) is 1. The Labute approximate surface area is 110 Å². The number of nitrogens with zero attached hydrogens (tertiary/aromatic N) is 2. The van der Waals surface area contributed by atoms with Gasteiger partial charge in [-0.3, -0.25) is 0 Å². The van der Waals surface area contributed by atoms with Crippen molar-refractivity contribution in [3.05, 3.63) is 53.2 Å². The molecule has 2 N–H and O–H groups in total. The highest BCUT2D eigenvalue weighted by Gasteiger charge is 2.15. The first-order valence-corrected chi connectivity index (χ1v) is 5.59. The second kappa shape index (κ2) is 5.19. The molecule has 19 heavy (non-hydrogen) atoms. The van der Waals surface area contributed by atoms with Crippen LogP contribution >= 0.6 is 0 Å². The van der Waals surface area contributed by atoms with Crippen LogP contribution in [0.5, 0.6) is 0 Å². The van der Waals surface area contributed by atoms with Crippen molar-refractivity contribution in [3.63, 3.8) is 0 Å². The van der Waals surface area contributed by atoms with Crippen molar-refractivity contribution in [2.45, 2.75) is 6.92 Å². The van der Waals surface area contributed by atoms with E-state index in [1.165, 1.54) is 6.07 Å². The van der Waals surface area contributed by atoms with Crippen molar-refractivity contribution < 1.29 is 9.90 Å². The van der Waals surface area contributed by atoms with Gasteiger partial charge in [-0.15, -0.1) is 0 Å². The maximum Gasteiger partial charge on any atom is 0.339 e. The van der Waals surface area contributed by atoms with Crippen LogP contribution in [0.1, 0.15) is 21.6 Å². The molecule has 0 aliphatic rings. The van der Waals surface area contributed by atoms with Crippen molar-refractivity contribution >= 4 is 17.5 Å². The number of rotatable bonds is 3. The molecule has 0 bridgehead atoms. The number of hydrogen-bond donors (Lipinski definition) is 2. The molecule has 0 aliphatic heterocycles. The molecular weight excluding hydrogens is 242 g/mol. The average Bonchev–Trinajstić information content (AvgIpc) is 2.39. The minimum atomic E-state index is -1.12. The molecule has 2 aromatic rings. The summed E-state index contributed by atoms with van der Waals surface area (Å²) in [6, 6.07) is 12.4. The third-order valence-electron chi connectivity index (χ3n) is 2.60. The van der Waals surface area contributed by atoms with Crippen LogP contribution in [-0.2, 0) is 0 Å². The molecule has 2 rings (SSSR count). The molecule has 5 nitrogen and oxygen atoms in total. The second-order valence-electron chi connectivity index (χ2n) is 3.93. The van der Waals surface area contributed by atoms with E-state index in [9.17, 15) is 4.79 Å². The van der Waals surface area contributed by atoms with Crippen molar-refractivity contribution in [2.75, 3.05) is 5.32 Å². The standard InChI is InChI=1S/C14H11N3O2/c1-9-10(8-15)7-12(14(18)19)13(16-9)17-11-5-3-2-4-6-11/h2-7H,1H3,(H,16,17)(H,18,19). The van der Waals surface area contributed by atoms with Crippen LogP contribution in [0.25, 0.3) is 0 Å². The lowest BCUT2D eigenvalue weighted by Crippen LogP contribution is -2.07. The highest BCUT2D eigenvalue weighted by atomic mass is 16.4. The first-order valence-electron chi connectivity index (χ1n) is 5.59. The fraction of sp³-hybridized carbons (Fsp3) is 0.0714. The van der Waals surface area contributed by atoms with E-state index in [0.29, 0.717) is 5.69 Å². The maximum absolute atomic E-state index is 11.2. The topological polar surface area (TPSA) is 86.0 Å². The van der Waals surface area contributed by atoms with E-state index in [-0.39, 0.29) is 16.9 Å². The highest BCUT2D eigenvalue weighted by Crippen LogP contribution is 2.21. The number of aromatic carboxylic acids is 1. The van der Waals surface area contributed by atoms with Crippen LogP contribution in [0.3, 0.4) is 0 Å². The number of nitriles is 1. The Balaban J connectivity index is 2.48. The molecule has 1 aromatic heterocycles. The van der Waals surface area contributed by atoms with E-state index in [0.717, 1.165) is 5.69 Å². The number of nitrogens with one attached hydrogen (secondary N) is 1. The second-order valence-corrected chi connectivity index (χ2v) is 3.93.